The number of nitrogens with one attached hydrogen (secondary N) is 1. The van der Waals surface area contributed by atoms with Crippen molar-refractivity contribution >= 4 is 0 Å². The van der Waals surface area contributed by atoms with E-state index < -0.39 is 11.6 Å². The molecule has 1 N–H and O–H groups in total. The van der Waals surface area contributed by atoms with Crippen LogP contribution >= 0.6 is 0 Å². The molecule has 0 saturated carbocycles. The Balaban J connectivity index is 1.41. The minimum Gasteiger partial charge on any atom is -0.486 e. The maximum absolute atomic E-state index is 13.3. The maximum atomic E-state index is 13.3. The molecule has 6 heteroatoms. The molecule has 0 aliphatic heterocycles. The minimum atomic E-state index is -0.947. The van der Waals surface area contributed by atoms with Crippen molar-refractivity contribution in [3.63, 3.8) is 0 Å². The van der Waals surface area contributed by atoms with Crippen molar-refractivity contribution in [3.05, 3.63) is 96.5 Å². The molecule has 0 radical (unpaired) electrons. The molecule has 0 bridgehead atoms. The van der Waals surface area contributed by atoms with Gasteiger partial charge in [0.1, 0.15) is 29.7 Å². The highest BCUT2D eigenvalue weighted by Crippen LogP contribution is 2.26. The number of halogens is 2. The van der Waals surface area contributed by atoms with E-state index in [9.17, 15) is 8.78 Å². The van der Waals surface area contributed by atoms with Gasteiger partial charge in [-0.1, -0.05) is 18.2 Å². The second-order valence-corrected chi connectivity index (χ2v) is 6.05. The highest BCUT2D eigenvalue weighted by molar-refractivity contribution is 5.59. The first kappa shape index (κ1) is 17.7. The predicted molar refractivity (Wildman–Crippen MR) is 101 cm³/mol. The van der Waals surface area contributed by atoms with Gasteiger partial charge in [-0.2, -0.15) is 0 Å². The minimum absolute atomic E-state index is 0.230. The van der Waals surface area contributed by atoms with E-state index in [4.69, 9.17) is 9.47 Å². The highest BCUT2D eigenvalue weighted by Gasteiger charge is 2.07. The number of H-pyrrole nitrogens is 1. The average molecular weight is 378 g/mol. The van der Waals surface area contributed by atoms with Crippen LogP contribution in [-0.2, 0) is 6.61 Å². The molecule has 1 heterocycles. The number of hydrogen-bond acceptors (Lipinski definition) is 3. The molecule has 1 aromatic heterocycles. The third-order valence-corrected chi connectivity index (χ3v) is 4.04. The van der Waals surface area contributed by atoms with Gasteiger partial charge in [0.2, 0.25) is 0 Å². The van der Waals surface area contributed by atoms with Gasteiger partial charge < -0.3 is 14.5 Å². The molecular formula is C22H16F2N2O2. The third-order valence-electron chi connectivity index (χ3n) is 4.04. The largest absolute Gasteiger partial charge is 0.486 e. The van der Waals surface area contributed by atoms with Crippen LogP contribution in [0.2, 0.25) is 0 Å². The number of rotatable bonds is 6. The summed E-state index contributed by atoms with van der Waals surface area (Å²) < 4.78 is 37.5. The van der Waals surface area contributed by atoms with E-state index in [0.717, 1.165) is 29.1 Å². The third kappa shape index (κ3) is 4.17. The fourth-order valence-electron chi connectivity index (χ4n) is 2.63. The molecule has 0 spiro atoms. The molecule has 3 aromatic carbocycles. The lowest BCUT2D eigenvalue weighted by atomic mass is 10.1. The summed E-state index contributed by atoms with van der Waals surface area (Å²) in [7, 11) is 0. The van der Waals surface area contributed by atoms with Crippen molar-refractivity contribution < 1.29 is 18.3 Å². The van der Waals surface area contributed by atoms with E-state index in [0.29, 0.717) is 18.2 Å². The Morgan fingerprint density at radius 3 is 2.29 bits per heavy atom. The summed E-state index contributed by atoms with van der Waals surface area (Å²) in [6.45, 7) is 0.335. The van der Waals surface area contributed by atoms with Crippen molar-refractivity contribution in [1.82, 2.24) is 9.97 Å². The van der Waals surface area contributed by atoms with Crippen LogP contribution in [-0.4, -0.2) is 9.97 Å². The monoisotopic (exact) mass is 378 g/mol. The fourth-order valence-corrected chi connectivity index (χ4v) is 2.63. The first-order valence-corrected chi connectivity index (χ1v) is 8.62. The smallest absolute Gasteiger partial charge is 0.162 e. The number of aromatic amines is 1. The number of nitrogens with zero attached hydrogens (tertiary/aromatic N) is 1. The van der Waals surface area contributed by atoms with Crippen molar-refractivity contribution in [2.75, 3.05) is 0 Å². The summed E-state index contributed by atoms with van der Waals surface area (Å²) in [5.41, 5.74) is 1.75. The van der Waals surface area contributed by atoms with E-state index in [1.165, 1.54) is 6.07 Å². The van der Waals surface area contributed by atoms with Crippen LogP contribution in [0.5, 0.6) is 17.2 Å². The summed E-state index contributed by atoms with van der Waals surface area (Å²) in [5.74, 6) is 0.376. The van der Waals surface area contributed by atoms with Gasteiger partial charge in [0.05, 0.1) is 11.9 Å². The van der Waals surface area contributed by atoms with Gasteiger partial charge in [0, 0.05) is 6.07 Å². The summed E-state index contributed by atoms with van der Waals surface area (Å²) in [6, 6.07) is 20.1. The Morgan fingerprint density at radius 2 is 1.54 bits per heavy atom. The summed E-state index contributed by atoms with van der Waals surface area (Å²) in [4.78, 5) is 7.54. The second kappa shape index (κ2) is 7.92. The topological polar surface area (TPSA) is 47.1 Å². The van der Waals surface area contributed by atoms with Gasteiger partial charge in [0.15, 0.2) is 11.6 Å². The molecule has 140 valence electrons. The average Bonchev–Trinajstić information content (AvgIpc) is 3.20. The van der Waals surface area contributed by atoms with Gasteiger partial charge >= 0.3 is 0 Å². The Hall–Kier alpha value is -3.67. The predicted octanol–water partition coefficient (Wildman–Crippen LogP) is 5.73. The number of ether oxygens (including phenoxy) is 2. The van der Waals surface area contributed by atoms with Crippen molar-refractivity contribution in [3.8, 4) is 28.5 Å². The zero-order valence-corrected chi connectivity index (χ0v) is 14.7. The number of imidazole rings is 1. The molecule has 0 fully saturated rings. The zero-order valence-electron chi connectivity index (χ0n) is 14.7. The number of aromatic nitrogens is 2. The van der Waals surface area contributed by atoms with Crippen molar-refractivity contribution in [1.29, 1.82) is 0 Å². The summed E-state index contributed by atoms with van der Waals surface area (Å²) in [6.07, 6.45) is 1.73. The Morgan fingerprint density at radius 1 is 0.786 bits per heavy atom. The van der Waals surface area contributed by atoms with Crippen LogP contribution in [0.3, 0.4) is 0 Å². The molecule has 0 aliphatic carbocycles. The maximum Gasteiger partial charge on any atom is 0.162 e. The van der Waals surface area contributed by atoms with Crippen LogP contribution in [0.15, 0.2) is 79.0 Å². The van der Waals surface area contributed by atoms with Gasteiger partial charge in [-0.25, -0.2) is 13.8 Å². The quantitative estimate of drug-likeness (QED) is 0.466. The molecule has 4 aromatic rings. The standard InChI is InChI=1S/C22H16F2N2O2/c23-19-11-10-18(12-20(19)24)28-17-8-6-15(7-9-17)21-13-25-22(26-21)14-27-16-4-2-1-3-5-16/h1-13H,14H2,(H,25,26). The molecule has 4 rings (SSSR count). The zero-order chi connectivity index (χ0) is 19.3. The lowest BCUT2D eigenvalue weighted by Gasteiger charge is -2.07. The van der Waals surface area contributed by atoms with Crippen LogP contribution in [0, 0.1) is 11.6 Å². The SMILES string of the molecule is Fc1ccc(Oc2ccc(-c3cnc(COc4ccccc4)[nH]3)cc2)cc1F. The molecule has 0 unspecified atom stereocenters. The van der Waals surface area contributed by atoms with E-state index in [-0.39, 0.29) is 5.75 Å². The second-order valence-electron chi connectivity index (χ2n) is 6.05. The van der Waals surface area contributed by atoms with E-state index >= 15 is 0 Å². The highest BCUT2D eigenvalue weighted by atomic mass is 19.2. The van der Waals surface area contributed by atoms with Gasteiger partial charge in [-0.15, -0.1) is 0 Å². The van der Waals surface area contributed by atoms with Crippen molar-refractivity contribution in [2.24, 2.45) is 0 Å². The number of para-hydroxylation sites is 1. The lowest BCUT2D eigenvalue weighted by molar-refractivity contribution is 0.297. The molecule has 4 nitrogen and oxygen atoms in total. The molecule has 28 heavy (non-hydrogen) atoms. The molecule has 0 aliphatic rings. The summed E-state index contributed by atoms with van der Waals surface area (Å²) >= 11 is 0. The first-order valence-electron chi connectivity index (χ1n) is 8.62. The Kier molecular flexibility index (Phi) is 5.01. The molecule has 0 atom stereocenters. The van der Waals surface area contributed by atoms with E-state index in [2.05, 4.69) is 9.97 Å². The van der Waals surface area contributed by atoms with Crippen LogP contribution in [0.25, 0.3) is 11.3 Å². The van der Waals surface area contributed by atoms with Gasteiger partial charge in [-0.05, 0) is 54.1 Å². The van der Waals surface area contributed by atoms with Crippen LogP contribution in [0.1, 0.15) is 5.82 Å². The van der Waals surface area contributed by atoms with Gasteiger partial charge in [-0.3, -0.25) is 0 Å². The van der Waals surface area contributed by atoms with E-state index in [1.54, 1.807) is 18.3 Å². The Labute approximate surface area is 160 Å². The number of benzene rings is 3. The van der Waals surface area contributed by atoms with E-state index in [1.807, 2.05) is 42.5 Å². The van der Waals surface area contributed by atoms with Crippen molar-refractivity contribution in [2.45, 2.75) is 6.61 Å². The molecular weight excluding hydrogens is 362 g/mol. The Bertz CT molecular complexity index is 1060. The summed E-state index contributed by atoms with van der Waals surface area (Å²) in [5, 5.41) is 0. The lowest BCUT2D eigenvalue weighted by Crippen LogP contribution is -1.97. The molecule has 0 saturated heterocycles. The number of hydrogen-bond donors (Lipinski definition) is 1. The first-order chi connectivity index (χ1) is 13.7. The normalized spacial score (nSPS) is 10.6. The van der Waals surface area contributed by atoms with Crippen LogP contribution < -0.4 is 9.47 Å². The van der Waals surface area contributed by atoms with Crippen LogP contribution in [0.4, 0.5) is 8.78 Å². The van der Waals surface area contributed by atoms with Gasteiger partial charge in [0.25, 0.3) is 0 Å². The fraction of sp³-hybridized carbons (Fsp3) is 0.0455. The molecule has 0 amide bonds.